The Kier molecular flexibility index (Phi) is 3.25. The van der Waals surface area contributed by atoms with Gasteiger partial charge < -0.3 is 10.2 Å². The second-order valence-corrected chi connectivity index (χ2v) is 5.84. The Balaban J connectivity index is 1.79. The molecule has 0 aliphatic heterocycles. The lowest BCUT2D eigenvalue weighted by molar-refractivity contribution is 0.705. The molecule has 0 unspecified atom stereocenters. The zero-order chi connectivity index (χ0) is 12.5. The number of rotatable bonds is 6. The average Bonchev–Trinajstić information content (AvgIpc) is 3.21. The Labute approximate surface area is 110 Å². The molecule has 0 saturated heterocycles. The first-order valence-electron chi connectivity index (χ1n) is 7.14. The summed E-state index contributed by atoms with van der Waals surface area (Å²) in [5, 5.41) is 3.18. The number of hydrogen-bond acceptors (Lipinski definition) is 3. The van der Waals surface area contributed by atoms with Crippen LogP contribution in [0, 0.1) is 12.8 Å². The van der Waals surface area contributed by atoms with E-state index in [0.717, 1.165) is 18.5 Å². The van der Waals surface area contributed by atoms with Crippen LogP contribution in [0.3, 0.4) is 0 Å². The van der Waals surface area contributed by atoms with Crippen molar-refractivity contribution in [3.8, 4) is 0 Å². The van der Waals surface area contributed by atoms with Gasteiger partial charge in [-0.25, -0.2) is 4.98 Å². The largest absolute Gasteiger partial charge is 0.353 e. The highest BCUT2D eigenvalue weighted by Crippen LogP contribution is 2.37. The van der Waals surface area contributed by atoms with E-state index in [1.54, 1.807) is 0 Å². The van der Waals surface area contributed by atoms with Gasteiger partial charge >= 0.3 is 0 Å². The van der Waals surface area contributed by atoms with E-state index in [2.05, 4.69) is 23.2 Å². The topological polar surface area (TPSA) is 28.2 Å². The molecule has 1 heterocycles. The number of anilines is 1. The summed E-state index contributed by atoms with van der Waals surface area (Å²) in [6.45, 7) is 4.33. The molecule has 1 aromatic rings. The number of pyridine rings is 1. The van der Waals surface area contributed by atoms with Crippen LogP contribution in [0.15, 0.2) is 12.3 Å². The van der Waals surface area contributed by atoms with Crippen molar-refractivity contribution in [2.75, 3.05) is 18.5 Å². The van der Waals surface area contributed by atoms with Crippen LogP contribution in [0.25, 0.3) is 0 Å². The van der Waals surface area contributed by atoms with Gasteiger partial charge in [-0.3, -0.25) is 0 Å². The lowest BCUT2D eigenvalue weighted by Gasteiger charge is -2.25. The highest BCUT2D eigenvalue weighted by molar-refractivity contribution is 5.49. The third kappa shape index (κ3) is 2.66. The molecule has 0 atom stereocenters. The van der Waals surface area contributed by atoms with Crippen molar-refractivity contribution < 1.29 is 0 Å². The first-order chi connectivity index (χ1) is 8.78. The molecule has 98 valence electrons. The van der Waals surface area contributed by atoms with E-state index < -0.39 is 0 Å². The Morgan fingerprint density at radius 2 is 2.11 bits per heavy atom. The van der Waals surface area contributed by atoms with Gasteiger partial charge in [0.25, 0.3) is 0 Å². The Morgan fingerprint density at radius 3 is 2.67 bits per heavy atom. The molecule has 0 radical (unpaired) electrons. The second-order valence-electron chi connectivity index (χ2n) is 5.84. The van der Waals surface area contributed by atoms with E-state index >= 15 is 0 Å². The van der Waals surface area contributed by atoms with Crippen molar-refractivity contribution >= 4 is 5.82 Å². The molecule has 0 bridgehead atoms. The fourth-order valence-corrected chi connectivity index (χ4v) is 2.60. The molecule has 0 spiro atoms. The fraction of sp³-hybridized carbons (Fsp3) is 0.667. The standard InChI is InChI=1S/C15H23N3/c1-11-7-13(8-16-2)9-17-15(11)18(14-5-6-14)10-12-3-4-12/h7,9,12,14,16H,3-6,8,10H2,1-2H3. The van der Waals surface area contributed by atoms with Gasteiger partial charge in [-0.15, -0.1) is 0 Å². The van der Waals surface area contributed by atoms with E-state index in [0.29, 0.717) is 0 Å². The summed E-state index contributed by atoms with van der Waals surface area (Å²) >= 11 is 0. The number of nitrogens with one attached hydrogen (secondary N) is 1. The van der Waals surface area contributed by atoms with Crippen LogP contribution in [0.1, 0.15) is 36.8 Å². The average molecular weight is 245 g/mol. The van der Waals surface area contributed by atoms with Crippen molar-refractivity contribution in [3.63, 3.8) is 0 Å². The Hall–Kier alpha value is -1.09. The van der Waals surface area contributed by atoms with Gasteiger partial charge in [-0.05, 0) is 62.8 Å². The summed E-state index contributed by atoms with van der Waals surface area (Å²) in [4.78, 5) is 7.29. The predicted octanol–water partition coefficient (Wildman–Crippen LogP) is 2.49. The van der Waals surface area contributed by atoms with Gasteiger partial charge in [0, 0.05) is 25.3 Å². The molecule has 18 heavy (non-hydrogen) atoms. The normalized spacial score (nSPS) is 19.0. The molecule has 3 nitrogen and oxygen atoms in total. The zero-order valence-corrected chi connectivity index (χ0v) is 11.4. The molecular formula is C15H23N3. The van der Waals surface area contributed by atoms with Crippen LogP contribution in [0.4, 0.5) is 5.82 Å². The van der Waals surface area contributed by atoms with Crippen molar-refractivity contribution in [2.24, 2.45) is 5.92 Å². The van der Waals surface area contributed by atoms with Crippen LogP contribution >= 0.6 is 0 Å². The van der Waals surface area contributed by atoms with Gasteiger partial charge in [0.05, 0.1) is 0 Å². The number of aromatic nitrogens is 1. The minimum atomic E-state index is 0.770. The minimum Gasteiger partial charge on any atom is -0.353 e. The van der Waals surface area contributed by atoms with Crippen molar-refractivity contribution in [1.29, 1.82) is 0 Å². The second kappa shape index (κ2) is 4.88. The highest BCUT2D eigenvalue weighted by atomic mass is 15.2. The molecule has 3 rings (SSSR count). The summed E-state index contributed by atoms with van der Waals surface area (Å²) in [5.41, 5.74) is 2.61. The van der Waals surface area contributed by atoms with Gasteiger partial charge in [0.2, 0.25) is 0 Å². The lowest BCUT2D eigenvalue weighted by Crippen LogP contribution is -2.29. The summed E-state index contributed by atoms with van der Waals surface area (Å²) in [6, 6.07) is 3.05. The molecular weight excluding hydrogens is 222 g/mol. The number of aryl methyl sites for hydroxylation is 1. The van der Waals surface area contributed by atoms with Crippen LogP contribution in [0.5, 0.6) is 0 Å². The van der Waals surface area contributed by atoms with E-state index in [9.17, 15) is 0 Å². The molecule has 0 aromatic carbocycles. The molecule has 3 heteroatoms. The summed E-state index contributed by atoms with van der Waals surface area (Å²) in [5.74, 6) is 2.16. The maximum atomic E-state index is 4.73. The summed E-state index contributed by atoms with van der Waals surface area (Å²) < 4.78 is 0. The third-order valence-corrected chi connectivity index (χ3v) is 3.90. The molecule has 2 aliphatic rings. The maximum absolute atomic E-state index is 4.73. The van der Waals surface area contributed by atoms with Gasteiger partial charge in [-0.1, -0.05) is 0 Å². The van der Waals surface area contributed by atoms with Gasteiger partial charge in [0.1, 0.15) is 5.82 Å². The van der Waals surface area contributed by atoms with Gasteiger partial charge in [0.15, 0.2) is 0 Å². The van der Waals surface area contributed by atoms with E-state index in [-0.39, 0.29) is 0 Å². The molecule has 0 amide bonds. The Bertz CT molecular complexity index is 422. The third-order valence-electron chi connectivity index (χ3n) is 3.90. The van der Waals surface area contributed by atoms with Crippen molar-refractivity contribution in [2.45, 2.75) is 45.2 Å². The summed E-state index contributed by atoms with van der Waals surface area (Å²) in [6.07, 6.45) is 7.57. The summed E-state index contributed by atoms with van der Waals surface area (Å²) in [7, 11) is 1.98. The van der Waals surface area contributed by atoms with Crippen LogP contribution in [-0.2, 0) is 6.54 Å². The smallest absolute Gasteiger partial charge is 0.131 e. The SMILES string of the molecule is CNCc1cnc(N(CC2CC2)C2CC2)c(C)c1. The molecule has 2 aliphatic carbocycles. The lowest BCUT2D eigenvalue weighted by atomic mass is 10.2. The molecule has 2 saturated carbocycles. The number of hydrogen-bond donors (Lipinski definition) is 1. The molecule has 2 fully saturated rings. The van der Waals surface area contributed by atoms with E-state index in [4.69, 9.17) is 4.98 Å². The predicted molar refractivity (Wildman–Crippen MR) is 74.8 cm³/mol. The molecule has 1 N–H and O–H groups in total. The van der Waals surface area contributed by atoms with Crippen LogP contribution in [0.2, 0.25) is 0 Å². The van der Waals surface area contributed by atoms with Crippen molar-refractivity contribution in [3.05, 3.63) is 23.4 Å². The van der Waals surface area contributed by atoms with Gasteiger partial charge in [-0.2, -0.15) is 0 Å². The van der Waals surface area contributed by atoms with E-state index in [1.807, 2.05) is 13.2 Å². The monoisotopic (exact) mass is 245 g/mol. The Morgan fingerprint density at radius 1 is 1.33 bits per heavy atom. The highest BCUT2D eigenvalue weighted by Gasteiger charge is 2.34. The maximum Gasteiger partial charge on any atom is 0.131 e. The zero-order valence-electron chi connectivity index (χ0n) is 11.4. The van der Waals surface area contributed by atoms with Crippen LogP contribution in [-0.4, -0.2) is 24.6 Å². The van der Waals surface area contributed by atoms with Crippen LogP contribution < -0.4 is 10.2 Å². The molecule has 1 aromatic heterocycles. The quantitative estimate of drug-likeness (QED) is 0.834. The first-order valence-corrected chi connectivity index (χ1v) is 7.14. The first kappa shape index (κ1) is 12.0. The van der Waals surface area contributed by atoms with E-state index in [1.165, 1.54) is 49.2 Å². The fourth-order valence-electron chi connectivity index (χ4n) is 2.60. The minimum absolute atomic E-state index is 0.770. The number of nitrogens with zero attached hydrogens (tertiary/aromatic N) is 2. The van der Waals surface area contributed by atoms with Crippen molar-refractivity contribution in [1.82, 2.24) is 10.3 Å².